The van der Waals surface area contributed by atoms with Crippen LogP contribution in [0.15, 0.2) is 18.2 Å². The van der Waals surface area contributed by atoms with Crippen molar-refractivity contribution in [2.24, 2.45) is 5.73 Å². The van der Waals surface area contributed by atoms with Crippen LogP contribution < -0.4 is 15.8 Å². The Morgan fingerprint density at radius 2 is 1.95 bits per heavy atom. The summed E-state index contributed by atoms with van der Waals surface area (Å²) >= 11 is 0. The monoisotopic (exact) mass is 314 g/mol. The highest BCUT2D eigenvalue weighted by atomic mass is 35.5. The van der Waals surface area contributed by atoms with Crippen LogP contribution in [0.5, 0.6) is 5.75 Å². The van der Waals surface area contributed by atoms with E-state index < -0.39 is 0 Å². The Bertz CT molecular complexity index is 456. The van der Waals surface area contributed by atoms with Gasteiger partial charge in [-0.15, -0.1) is 12.4 Å². The van der Waals surface area contributed by atoms with Crippen LogP contribution in [0.1, 0.15) is 37.8 Å². The Morgan fingerprint density at radius 1 is 1.29 bits per heavy atom. The van der Waals surface area contributed by atoms with Gasteiger partial charge in [-0.3, -0.25) is 4.79 Å². The van der Waals surface area contributed by atoms with Gasteiger partial charge in [0, 0.05) is 18.5 Å². The molecule has 0 saturated heterocycles. The summed E-state index contributed by atoms with van der Waals surface area (Å²) in [5.41, 5.74) is 7.90. The molecule has 0 bridgehead atoms. The first kappa shape index (κ1) is 19.7. The third-order valence-corrected chi connectivity index (χ3v) is 3.04. The molecule has 5 heteroatoms. The van der Waals surface area contributed by atoms with Crippen molar-refractivity contribution in [2.45, 2.75) is 46.1 Å². The lowest BCUT2D eigenvalue weighted by atomic mass is 10.1. The standard InChI is InChI=1S/C16H26N2O2.ClH/c1-12-7-8-14(10-13(12)2)20-9-5-6-15(19)18-11-16(3,4)17;/h7-8,10H,5-6,9,11,17H2,1-4H3,(H,18,19);1H. The van der Waals surface area contributed by atoms with Crippen molar-refractivity contribution in [2.75, 3.05) is 13.2 Å². The van der Waals surface area contributed by atoms with Gasteiger partial charge in [-0.05, 0) is 57.4 Å². The van der Waals surface area contributed by atoms with Gasteiger partial charge < -0.3 is 15.8 Å². The smallest absolute Gasteiger partial charge is 0.220 e. The van der Waals surface area contributed by atoms with Crippen LogP contribution in [-0.4, -0.2) is 24.6 Å². The van der Waals surface area contributed by atoms with Crippen molar-refractivity contribution in [1.29, 1.82) is 0 Å². The van der Waals surface area contributed by atoms with E-state index >= 15 is 0 Å². The molecule has 0 unspecified atom stereocenters. The average molecular weight is 315 g/mol. The van der Waals surface area contributed by atoms with E-state index in [0.717, 1.165) is 5.75 Å². The third-order valence-electron chi connectivity index (χ3n) is 3.04. The van der Waals surface area contributed by atoms with E-state index in [1.807, 2.05) is 32.0 Å². The molecule has 0 aromatic heterocycles. The van der Waals surface area contributed by atoms with Gasteiger partial charge in [0.1, 0.15) is 5.75 Å². The molecule has 0 aliphatic carbocycles. The number of ether oxygens (including phenoxy) is 1. The quantitative estimate of drug-likeness (QED) is 0.761. The number of nitrogens with one attached hydrogen (secondary N) is 1. The van der Waals surface area contributed by atoms with Crippen molar-refractivity contribution in [1.82, 2.24) is 5.32 Å². The summed E-state index contributed by atoms with van der Waals surface area (Å²) in [5, 5.41) is 2.82. The fraction of sp³-hybridized carbons (Fsp3) is 0.562. The Balaban J connectivity index is 0.00000400. The number of nitrogens with two attached hydrogens (primary N) is 1. The minimum atomic E-state index is -0.369. The molecule has 4 nitrogen and oxygen atoms in total. The van der Waals surface area contributed by atoms with Gasteiger partial charge in [0.25, 0.3) is 0 Å². The Hall–Kier alpha value is -1.26. The first-order valence-electron chi connectivity index (χ1n) is 7.03. The summed E-state index contributed by atoms with van der Waals surface area (Å²) in [6.07, 6.45) is 1.16. The zero-order valence-corrected chi connectivity index (χ0v) is 14.2. The van der Waals surface area contributed by atoms with Crippen LogP contribution in [0.2, 0.25) is 0 Å². The van der Waals surface area contributed by atoms with E-state index in [-0.39, 0.29) is 23.9 Å². The van der Waals surface area contributed by atoms with Gasteiger partial charge in [0.15, 0.2) is 0 Å². The van der Waals surface area contributed by atoms with E-state index in [4.69, 9.17) is 10.5 Å². The van der Waals surface area contributed by atoms with Gasteiger partial charge in [-0.1, -0.05) is 6.07 Å². The summed E-state index contributed by atoms with van der Waals surface area (Å²) in [4.78, 5) is 11.6. The molecule has 0 aliphatic heterocycles. The normalized spacial score (nSPS) is 10.7. The number of carbonyl (C=O) groups excluding carboxylic acids is 1. The molecule has 1 aromatic carbocycles. The zero-order valence-electron chi connectivity index (χ0n) is 13.4. The van der Waals surface area contributed by atoms with E-state index in [1.54, 1.807) is 0 Å². The predicted octanol–water partition coefficient (Wildman–Crippen LogP) is 2.74. The first-order valence-corrected chi connectivity index (χ1v) is 7.03. The molecule has 0 spiro atoms. The number of halogens is 1. The SMILES string of the molecule is Cc1ccc(OCCCC(=O)NCC(C)(C)N)cc1C.Cl. The Labute approximate surface area is 133 Å². The van der Waals surface area contributed by atoms with Crippen molar-refractivity contribution >= 4 is 18.3 Å². The van der Waals surface area contributed by atoms with Crippen LogP contribution in [0.25, 0.3) is 0 Å². The summed E-state index contributed by atoms with van der Waals surface area (Å²) in [7, 11) is 0. The molecule has 120 valence electrons. The molecule has 0 fully saturated rings. The minimum Gasteiger partial charge on any atom is -0.494 e. The van der Waals surface area contributed by atoms with Crippen molar-refractivity contribution in [3.8, 4) is 5.75 Å². The third kappa shape index (κ3) is 8.58. The molecule has 0 heterocycles. The molecule has 21 heavy (non-hydrogen) atoms. The number of hydrogen-bond donors (Lipinski definition) is 2. The van der Waals surface area contributed by atoms with E-state index in [9.17, 15) is 4.79 Å². The summed E-state index contributed by atoms with van der Waals surface area (Å²) in [6.45, 7) is 8.94. The van der Waals surface area contributed by atoms with Gasteiger partial charge >= 0.3 is 0 Å². The van der Waals surface area contributed by atoms with Crippen molar-refractivity contribution < 1.29 is 9.53 Å². The topological polar surface area (TPSA) is 64.3 Å². The lowest BCUT2D eigenvalue weighted by Gasteiger charge is -2.18. The van der Waals surface area contributed by atoms with Gasteiger partial charge in [0.2, 0.25) is 5.91 Å². The van der Waals surface area contributed by atoms with Crippen LogP contribution in [0.3, 0.4) is 0 Å². The summed E-state index contributed by atoms with van der Waals surface area (Å²) < 4.78 is 5.63. The molecule has 0 radical (unpaired) electrons. The van der Waals surface area contributed by atoms with Crippen molar-refractivity contribution in [3.63, 3.8) is 0 Å². The highest BCUT2D eigenvalue weighted by molar-refractivity contribution is 5.85. The number of carbonyl (C=O) groups is 1. The maximum atomic E-state index is 11.6. The van der Waals surface area contributed by atoms with Crippen LogP contribution in [0, 0.1) is 13.8 Å². The predicted molar refractivity (Wildman–Crippen MR) is 89.2 cm³/mol. The van der Waals surface area contributed by atoms with Crippen LogP contribution in [-0.2, 0) is 4.79 Å². The summed E-state index contributed by atoms with van der Waals surface area (Å²) in [5.74, 6) is 0.879. The zero-order chi connectivity index (χ0) is 15.2. The molecule has 1 aromatic rings. The molecule has 0 atom stereocenters. The summed E-state index contributed by atoms with van der Waals surface area (Å²) in [6, 6.07) is 6.02. The second-order valence-electron chi connectivity index (χ2n) is 5.96. The fourth-order valence-electron chi connectivity index (χ4n) is 1.64. The average Bonchev–Trinajstić information content (AvgIpc) is 2.35. The Morgan fingerprint density at radius 3 is 2.52 bits per heavy atom. The van der Waals surface area contributed by atoms with E-state index in [2.05, 4.69) is 19.2 Å². The molecule has 1 amide bonds. The number of benzene rings is 1. The number of aryl methyl sites for hydroxylation is 2. The fourth-order valence-corrected chi connectivity index (χ4v) is 1.64. The largest absolute Gasteiger partial charge is 0.494 e. The number of amides is 1. The maximum absolute atomic E-state index is 11.6. The van der Waals surface area contributed by atoms with Gasteiger partial charge in [-0.25, -0.2) is 0 Å². The lowest BCUT2D eigenvalue weighted by molar-refractivity contribution is -0.121. The number of hydrogen-bond acceptors (Lipinski definition) is 3. The Kier molecular flexibility index (Phi) is 8.37. The van der Waals surface area contributed by atoms with Gasteiger partial charge in [0.05, 0.1) is 6.61 Å². The second kappa shape index (κ2) is 8.90. The molecule has 3 N–H and O–H groups in total. The molecular formula is C16H27ClN2O2. The lowest BCUT2D eigenvalue weighted by Crippen LogP contribution is -2.45. The van der Waals surface area contributed by atoms with Gasteiger partial charge in [-0.2, -0.15) is 0 Å². The second-order valence-corrected chi connectivity index (χ2v) is 5.96. The molecule has 0 aliphatic rings. The molecule has 0 saturated carbocycles. The van der Waals surface area contributed by atoms with Crippen LogP contribution in [0.4, 0.5) is 0 Å². The highest BCUT2D eigenvalue weighted by Gasteiger charge is 2.11. The first-order chi connectivity index (χ1) is 9.28. The molecule has 1 rings (SSSR count). The number of rotatable bonds is 7. The maximum Gasteiger partial charge on any atom is 0.220 e. The van der Waals surface area contributed by atoms with E-state index in [1.165, 1.54) is 11.1 Å². The minimum absolute atomic E-state index is 0. The molecular weight excluding hydrogens is 288 g/mol. The van der Waals surface area contributed by atoms with E-state index in [0.29, 0.717) is 26.0 Å². The van der Waals surface area contributed by atoms with Crippen LogP contribution >= 0.6 is 12.4 Å². The van der Waals surface area contributed by atoms with Crippen molar-refractivity contribution in [3.05, 3.63) is 29.3 Å². The highest BCUT2D eigenvalue weighted by Crippen LogP contribution is 2.16.